The van der Waals surface area contributed by atoms with E-state index in [2.05, 4.69) is 0 Å². The fourth-order valence-electron chi connectivity index (χ4n) is 0.766. The van der Waals surface area contributed by atoms with Crippen molar-refractivity contribution >= 4 is 5.97 Å². The van der Waals surface area contributed by atoms with Crippen LogP contribution >= 0.6 is 0 Å². The van der Waals surface area contributed by atoms with Gasteiger partial charge in [0.1, 0.15) is 0 Å². The summed E-state index contributed by atoms with van der Waals surface area (Å²) in [5.74, 6) is -1.22. The summed E-state index contributed by atoms with van der Waals surface area (Å²) < 4.78 is 0. The standard InChI is InChI=1S/C7H15NO2/c1-3-4-6(8)5(2)7(9)10/h5-6H,3-4,8H2,1-2H3,(H,9,10)/t5-,6+/m1/s1. The molecular formula is C7H15NO2. The van der Waals surface area contributed by atoms with Crippen LogP contribution in [-0.2, 0) is 4.79 Å². The second-order valence-electron chi connectivity index (χ2n) is 2.58. The van der Waals surface area contributed by atoms with Crippen LogP contribution in [0.1, 0.15) is 26.7 Å². The first-order valence-corrected chi connectivity index (χ1v) is 3.58. The van der Waals surface area contributed by atoms with Crippen molar-refractivity contribution in [1.29, 1.82) is 0 Å². The SMILES string of the molecule is CCC[C@H](N)[C@@H](C)C(=O)O. The van der Waals surface area contributed by atoms with Crippen LogP contribution in [-0.4, -0.2) is 17.1 Å². The van der Waals surface area contributed by atoms with Crippen LogP contribution in [0.5, 0.6) is 0 Å². The molecule has 0 aromatic rings. The van der Waals surface area contributed by atoms with Gasteiger partial charge in [-0.2, -0.15) is 0 Å². The van der Waals surface area contributed by atoms with Crippen LogP contribution in [0, 0.1) is 5.92 Å². The third kappa shape index (κ3) is 2.82. The van der Waals surface area contributed by atoms with E-state index in [0.29, 0.717) is 0 Å². The molecule has 0 bridgehead atoms. The first-order chi connectivity index (χ1) is 4.59. The Morgan fingerprint density at radius 3 is 2.50 bits per heavy atom. The second kappa shape index (κ2) is 4.28. The monoisotopic (exact) mass is 145 g/mol. The van der Waals surface area contributed by atoms with Gasteiger partial charge < -0.3 is 10.8 Å². The van der Waals surface area contributed by atoms with E-state index >= 15 is 0 Å². The van der Waals surface area contributed by atoms with Crippen LogP contribution in [0.2, 0.25) is 0 Å². The molecule has 2 atom stereocenters. The van der Waals surface area contributed by atoms with E-state index in [4.69, 9.17) is 10.8 Å². The van der Waals surface area contributed by atoms with E-state index in [1.165, 1.54) is 0 Å². The van der Waals surface area contributed by atoms with Gasteiger partial charge in [0.05, 0.1) is 5.92 Å². The van der Waals surface area contributed by atoms with Crippen molar-refractivity contribution in [2.45, 2.75) is 32.7 Å². The lowest BCUT2D eigenvalue weighted by molar-refractivity contribution is -0.141. The zero-order chi connectivity index (χ0) is 8.15. The summed E-state index contributed by atoms with van der Waals surface area (Å²) in [4.78, 5) is 10.3. The Kier molecular flexibility index (Phi) is 4.03. The largest absolute Gasteiger partial charge is 0.481 e. The van der Waals surface area contributed by atoms with Gasteiger partial charge in [-0.15, -0.1) is 0 Å². The van der Waals surface area contributed by atoms with Crippen molar-refractivity contribution in [2.75, 3.05) is 0 Å². The summed E-state index contributed by atoms with van der Waals surface area (Å²) >= 11 is 0. The molecule has 3 N–H and O–H groups in total. The Morgan fingerprint density at radius 2 is 2.20 bits per heavy atom. The van der Waals surface area contributed by atoms with Crippen molar-refractivity contribution in [2.24, 2.45) is 11.7 Å². The van der Waals surface area contributed by atoms with Crippen LogP contribution in [0.3, 0.4) is 0 Å². The molecular weight excluding hydrogens is 130 g/mol. The van der Waals surface area contributed by atoms with Gasteiger partial charge >= 0.3 is 5.97 Å². The maximum Gasteiger partial charge on any atom is 0.307 e. The summed E-state index contributed by atoms with van der Waals surface area (Å²) in [6.45, 7) is 3.64. The molecule has 0 aromatic carbocycles. The van der Waals surface area contributed by atoms with E-state index in [1.807, 2.05) is 6.92 Å². The van der Waals surface area contributed by atoms with Crippen molar-refractivity contribution in [3.05, 3.63) is 0 Å². The quantitative estimate of drug-likeness (QED) is 0.616. The molecule has 0 saturated heterocycles. The number of nitrogens with two attached hydrogens (primary N) is 1. The molecule has 10 heavy (non-hydrogen) atoms. The smallest absolute Gasteiger partial charge is 0.307 e. The highest BCUT2D eigenvalue weighted by Gasteiger charge is 2.18. The van der Waals surface area contributed by atoms with E-state index in [-0.39, 0.29) is 6.04 Å². The Bertz CT molecular complexity index is 114. The topological polar surface area (TPSA) is 63.3 Å². The van der Waals surface area contributed by atoms with Crippen LogP contribution < -0.4 is 5.73 Å². The van der Waals surface area contributed by atoms with Crippen LogP contribution in [0.25, 0.3) is 0 Å². The molecule has 0 fully saturated rings. The highest BCUT2D eigenvalue weighted by atomic mass is 16.4. The zero-order valence-corrected chi connectivity index (χ0v) is 6.50. The molecule has 0 spiro atoms. The Morgan fingerprint density at radius 1 is 1.70 bits per heavy atom. The molecule has 0 aliphatic carbocycles. The first kappa shape index (κ1) is 9.43. The fraction of sp³-hybridized carbons (Fsp3) is 0.857. The molecule has 0 rings (SSSR count). The normalized spacial score (nSPS) is 16.3. The molecule has 0 unspecified atom stereocenters. The van der Waals surface area contributed by atoms with Crippen LogP contribution in [0.15, 0.2) is 0 Å². The first-order valence-electron chi connectivity index (χ1n) is 3.58. The number of hydrogen-bond acceptors (Lipinski definition) is 2. The van der Waals surface area contributed by atoms with Gasteiger partial charge in [0.25, 0.3) is 0 Å². The Labute approximate surface area is 61.2 Å². The molecule has 0 aliphatic heterocycles. The second-order valence-corrected chi connectivity index (χ2v) is 2.58. The molecule has 3 nitrogen and oxygen atoms in total. The lowest BCUT2D eigenvalue weighted by atomic mass is 9.99. The lowest BCUT2D eigenvalue weighted by Crippen LogP contribution is -2.33. The number of carboxylic acid groups (broad SMARTS) is 1. The molecule has 0 saturated carbocycles. The van der Waals surface area contributed by atoms with Gasteiger partial charge in [-0.05, 0) is 6.42 Å². The van der Waals surface area contributed by atoms with Gasteiger partial charge in [-0.25, -0.2) is 0 Å². The molecule has 0 aromatic heterocycles. The Hall–Kier alpha value is -0.570. The number of carboxylic acids is 1. The van der Waals surface area contributed by atoms with E-state index in [9.17, 15) is 4.79 Å². The predicted octanol–water partition coefficient (Wildman–Crippen LogP) is 0.835. The third-order valence-corrected chi connectivity index (χ3v) is 1.65. The highest BCUT2D eigenvalue weighted by Crippen LogP contribution is 2.05. The minimum absolute atomic E-state index is 0.192. The highest BCUT2D eigenvalue weighted by molar-refractivity contribution is 5.70. The third-order valence-electron chi connectivity index (χ3n) is 1.65. The minimum Gasteiger partial charge on any atom is -0.481 e. The van der Waals surface area contributed by atoms with Crippen molar-refractivity contribution < 1.29 is 9.90 Å². The van der Waals surface area contributed by atoms with Gasteiger partial charge in [0.15, 0.2) is 0 Å². The van der Waals surface area contributed by atoms with Crippen molar-refractivity contribution in [3.63, 3.8) is 0 Å². The maximum absolute atomic E-state index is 10.3. The van der Waals surface area contributed by atoms with Crippen molar-refractivity contribution in [3.8, 4) is 0 Å². The average Bonchev–Trinajstić information content (AvgIpc) is 1.87. The molecule has 0 radical (unpaired) electrons. The van der Waals surface area contributed by atoms with Crippen molar-refractivity contribution in [1.82, 2.24) is 0 Å². The summed E-state index contributed by atoms with van der Waals surface area (Å²) in [6.07, 6.45) is 1.73. The van der Waals surface area contributed by atoms with Gasteiger partial charge in [0.2, 0.25) is 0 Å². The van der Waals surface area contributed by atoms with Crippen LogP contribution in [0.4, 0.5) is 0 Å². The summed E-state index contributed by atoms with van der Waals surface area (Å²) in [6, 6.07) is -0.192. The van der Waals surface area contributed by atoms with E-state index in [0.717, 1.165) is 12.8 Å². The minimum atomic E-state index is -0.805. The maximum atomic E-state index is 10.3. The fourth-order valence-corrected chi connectivity index (χ4v) is 0.766. The van der Waals surface area contributed by atoms with Gasteiger partial charge in [-0.3, -0.25) is 4.79 Å². The summed E-state index contributed by atoms with van der Waals surface area (Å²) in [5, 5.41) is 8.50. The summed E-state index contributed by atoms with van der Waals surface area (Å²) in [5.41, 5.74) is 5.55. The Balaban J connectivity index is 3.69. The predicted molar refractivity (Wildman–Crippen MR) is 39.7 cm³/mol. The number of carbonyl (C=O) groups is 1. The molecule has 3 heteroatoms. The lowest BCUT2D eigenvalue weighted by Gasteiger charge is -2.13. The van der Waals surface area contributed by atoms with E-state index in [1.54, 1.807) is 6.92 Å². The number of rotatable bonds is 4. The summed E-state index contributed by atoms with van der Waals surface area (Å²) in [7, 11) is 0. The van der Waals surface area contributed by atoms with Gasteiger partial charge in [-0.1, -0.05) is 20.3 Å². The number of hydrogen-bond donors (Lipinski definition) is 2. The molecule has 0 amide bonds. The molecule has 0 aliphatic rings. The average molecular weight is 145 g/mol. The zero-order valence-electron chi connectivity index (χ0n) is 6.50. The molecule has 60 valence electrons. The van der Waals surface area contributed by atoms with E-state index < -0.39 is 11.9 Å². The van der Waals surface area contributed by atoms with Gasteiger partial charge in [0, 0.05) is 6.04 Å². The number of aliphatic carboxylic acids is 1. The molecule has 0 heterocycles.